The first-order valence-electron chi connectivity index (χ1n) is 9.69. The first-order valence-corrected chi connectivity index (χ1v) is 10.7. The number of hydrogen-bond donors (Lipinski definition) is 2. The predicted octanol–water partition coefficient (Wildman–Crippen LogP) is 4.20. The molecule has 1 heterocycles. The number of nitrogens with one attached hydrogen (secondary N) is 2. The Bertz CT molecular complexity index is 603. The highest BCUT2D eigenvalue weighted by Gasteiger charge is 2.21. The lowest BCUT2D eigenvalue weighted by Crippen LogP contribution is -2.39. The molecule has 0 radical (unpaired) electrons. The summed E-state index contributed by atoms with van der Waals surface area (Å²) < 4.78 is 11.9. The van der Waals surface area contributed by atoms with Crippen molar-refractivity contribution in [3.8, 4) is 11.5 Å². The Balaban J connectivity index is 0.00000261. The van der Waals surface area contributed by atoms with Crippen LogP contribution in [0, 0.1) is 0 Å². The molecule has 0 bridgehead atoms. The van der Waals surface area contributed by atoms with Gasteiger partial charge in [0.05, 0.1) is 13.2 Å². The number of rotatable bonds is 7. The molecule has 2 fully saturated rings. The SMILES string of the molecule is CN=C(NCc1cccc(OC)c1OC1CCCC1)NCC1CCCS1.I. The molecule has 2 aliphatic rings. The normalized spacial score (nSPS) is 20.2. The van der Waals surface area contributed by atoms with E-state index in [-0.39, 0.29) is 24.0 Å². The first kappa shape index (κ1) is 22.5. The highest BCUT2D eigenvalue weighted by molar-refractivity contribution is 14.0. The highest BCUT2D eigenvalue weighted by atomic mass is 127. The third kappa shape index (κ3) is 6.62. The number of halogens is 1. The van der Waals surface area contributed by atoms with Gasteiger partial charge < -0.3 is 20.1 Å². The molecule has 1 saturated heterocycles. The summed E-state index contributed by atoms with van der Waals surface area (Å²) in [6, 6.07) is 6.08. The van der Waals surface area contributed by atoms with E-state index in [4.69, 9.17) is 9.47 Å². The fourth-order valence-corrected chi connectivity index (χ4v) is 4.78. The van der Waals surface area contributed by atoms with Crippen LogP contribution in [0.25, 0.3) is 0 Å². The lowest BCUT2D eigenvalue weighted by atomic mass is 10.1. The maximum Gasteiger partial charge on any atom is 0.191 e. The average molecular weight is 505 g/mol. The van der Waals surface area contributed by atoms with Crippen LogP contribution in [0.2, 0.25) is 0 Å². The third-order valence-electron chi connectivity index (χ3n) is 5.06. The molecule has 1 aliphatic heterocycles. The molecule has 1 aromatic rings. The second-order valence-electron chi connectivity index (χ2n) is 6.91. The zero-order chi connectivity index (χ0) is 18.2. The van der Waals surface area contributed by atoms with E-state index in [9.17, 15) is 0 Å². The van der Waals surface area contributed by atoms with Gasteiger partial charge in [-0.2, -0.15) is 11.8 Å². The van der Waals surface area contributed by atoms with Crippen LogP contribution in [0.5, 0.6) is 11.5 Å². The second kappa shape index (κ2) is 11.9. The minimum absolute atomic E-state index is 0. The Morgan fingerprint density at radius 2 is 2.00 bits per heavy atom. The molecule has 1 aliphatic carbocycles. The van der Waals surface area contributed by atoms with Crippen molar-refractivity contribution < 1.29 is 9.47 Å². The van der Waals surface area contributed by atoms with Crippen LogP contribution in [-0.2, 0) is 6.54 Å². The summed E-state index contributed by atoms with van der Waals surface area (Å²) in [4.78, 5) is 4.35. The monoisotopic (exact) mass is 505 g/mol. The smallest absolute Gasteiger partial charge is 0.191 e. The zero-order valence-corrected chi connectivity index (χ0v) is 19.5. The van der Waals surface area contributed by atoms with Gasteiger partial charge in [-0.05, 0) is 50.3 Å². The van der Waals surface area contributed by atoms with Gasteiger partial charge >= 0.3 is 0 Å². The molecule has 0 spiro atoms. The van der Waals surface area contributed by atoms with Gasteiger partial charge in [0.2, 0.25) is 0 Å². The van der Waals surface area contributed by atoms with Gasteiger partial charge in [0, 0.05) is 31.0 Å². The highest BCUT2D eigenvalue weighted by Crippen LogP contribution is 2.34. The van der Waals surface area contributed by atoms with Crippen molar-refractivity contribution in [2.75, 3.05) is 26.5 Å². The van der Waals surface area contributed by atoms with E-state index in [1.54, 1.807) is 7.11 Å². The van der Waals surface area contributed by atoms with E-state index in [0.717, 1.165) is 42.4 Å². The topological polar surface area (TPSA) is 54.9 Å². The Hall–Kier alpha value is -0.830. The van der Waals surface area contributed by atoms with Crippen molar-refractivity contribution in [1.82, 2.24) is 10.6 Å². The Morgan fingerprint density at radius 3 is 2.67 bits per heavy atom. The maximum absolute atomic E-state index is 6.31. The Morgan fingerprint density at radius 1 is 1.19 bits per heavy atom. The van der Waals surface area contributed by atoms with Gasteiger partial charge in [-0.1, -0.05) is 12.1 Å². The Kier molecular flexibility index (Phi) is 9.89. The fraction of sp³-hybridized carbons (Fsp3) is 0.650. The summed E-state index contributed by atoms with van der Waals surface area (Å²) in [6.45, 7) is 1.63. The van der Waals surface area contributed by atoms with Gasteiger partial charge in [-0.15, -0.1) is 24.0 Å². The van der Waals surface area contributed by atoms with E-state index < -0.39 is 0 Å². The number of para-hydroxylation sites is 1. The molecule has 0 aromatic heterocycles. The van der Waals surface area contributed by atoms with Crippen LogP contribution in [-0.4, -0.2) is 43.8 Å². The van der Waals surface area contributed by atoms with Crippen molar-refractivity contribution in [1.29, 1.82) is 0 Å². The molecular weight excluding hydrogens is 473 g/mol. The van der Waals surface area contributed by atoms with Crippen molar-refractivity contribution in [2.24, 2.45) is 4.99 Å². The van der Waals surface area contributed by atoms with Crippen LogP contribution in [0.3, 0.4) is 0 Å². The number of ether oxygens (including phenoxy) is 2. The van der Waals surface area contributed by atoms with Crippen LogP contribution in [0.1, 0.15) is 44.1 Å². The van der Waals surface area contributed by atoms with Crippen LogP contribution >= 0.6 is 35.7 Å². The quantitative estimate of drug-likeness (QED) is 0.331. The first-order chi connectivity index (χ1) is 12.8. The molecule has 0 amide bonds. The molecule has 27 heavy (non-hydrogen) atoms. The fourth-order valence-electron chi connectivity index (χ4n) is 3.58. The van der Waals surface area contributed by atoms with Crippen LogP contribution < -0.4 is 20.1 Å². The van der Waals surface area contributed by atoms with Crippen molar-refractivity contribution in [2.45, 2.75) is 56.4 Å². The maximum atomic E-state index is 6.31. The number of thioether (sulfide) groups is 1. The molecular formula is C20H32IN3O2S. The molecule has 1 unspecified atom stereocenters. The summed E-state index contributed by atoms with van der Waals surface area (Å²) in [7, 11) is 3.52. The number of aliphatic imine (C=N–C) groups is 1. The largest absolute Gasteiger partial charge is 0.493 e. The van der Waals surface area contributed by atoms with Crippen molar-refractivity contribution in [3.63, 3.8) is 0 Å². The van der Waals surface area contributed by atoms with Gasteiger partial charge in [0.1, 0.15) is 0 Å². The number of benzene rings is 1. The average Bonchev–Trinajstić information content (AvgIpc) is 3.36. The van der Waals surface area contributed by atoms with E-state index in [1.807, 2.05) is 19.2 Å². The summed E-state index contributed by atoms with van der Waals surface area (Å²) >= 11 is 2.05. The summed E-state index contributed by atoms with van der Waals surface area (Å²) in [5.74, 6) is 3.80. The number of methoxy groups -OCH3 is 1. The lowest BCUT2D eigenvalue weighted by molar-refractivity contribution is 0.198. The summed E-state index contributed by atoms with van der Waals surface area (Å²) in [5.41, 5.74) is 1.11. The second-order valence-corrected chi connectivity index (χ2v) is 8.32. The van der Waals surface area contributed by atoms with E-state index in [2.05, 4.69) is 33.5 Å². The van der Waals surface area contributed by atoms with Crippen LogP contribution in [0.15, 0.2) is 23.2 Å². The lowest BCUT2D eigenvalue weighted by Gasteiger charge is -2.20. The van der Waals surface area contributed by atoms with E-state index in [0.29, 0.717) is 17.9 Å². The van der Waals surface area contributed by atoms with E-state index in [1.165, 1.54) is 31.4 Å². The molecule has 2 N–H and O–H groups in total. The third-order valence-corrected chi connectivity index (χ3v) is 6.46. The number of guanidine groups is 1. The molecule has 3 rings (SSSR count). The molecule has 1 aromatic carbocycles. The minimum atomic E-state index is 0. The van der Waals surface area contributed by atoms with Crippen molar-refractivity contribution >= 4 is 41.7 Å². The summed E-state index contributed by atoms with van der Waals surface area (Å²) in [6.07, 6.45) is 7.70. The minimum Gasteiger partial charge on any atom is -0.493 e. The number of nitrogens with zero attached hydrogens (tertiary/aromatic N) is 1. The molecule has 5 nitrogen and oxygen atoms in total. The molecule has 152 valence electrons. The standard InChI is InChI=1S/C20H31N3O2S.HI/c1-21-20(23-14-17-10-6-12-26-17)22-13-15-7-5-11-18(24-2)19(15)25-16-8-3-4-9-16;/h5,7,11,16-17H,3-4,6,8-10,12-14H2,1-2H3,(H2,21,22,23);1H. The van der Waals surface area contributed by atoms with Gasteiger partial charge in [0.15, 0.2) is 17.5 Å². The zero-order valence-electron chi connectivity index (χ0n) is 16.3. The predicted molar refractivity (Wildman–Crippen MR) is 125 cm³/mol. The molecule has 7 heteroatoms. The molecule has 1 atom stereocenters. The molecule has 1 saturated carbocycles. The van der Waals surface area contributed by atoms with Gasteiger partial charge in [-0.3, -0.25) is 4.99 Å². The van der Waals surface area contributed by atoms with Crippen LogP contribution in [0.4, 0.5) is 0 Å². The number of hydrogen-bond acceptors (Lipinski definition) is 4. The Labute approximate surface area is 184 Å². The van der Waals surface area contributed by atoms with Crippen molar-refractivity contribution in [3.05, 3.63) is 23.8 Å². The summed E-state index contributed by atoms with van der Waals surface area (Å²) in [5, 5.41) is 7.57. The van der Waals surface area contributed by atoms with Gasteiger partial charge in [0.25, 0.3) is 0 Å². The van der Waals surface area contributed by atoms with Gasteiger partial charge in [-0.25, -0.2) is 0 Å². The van der Waals surface area contributed by atoms with E-state index >= 15 is 0 Å².